The van der Waals surface area contributed by atoms with Crippen LogP contribution in [0.3, 0.4) is 0 Å². The molecule has 1 aliphatic heterocycles. The first kappa shape index (κ1) is 14.8. The molecule has 3 rings (SSSR count). The summed E-state index contributed by atoms with van der Waals surface area (Å²) in [5, 5.41) is 2.75. The van der Waals surface area contributed by atoms with Gasteiger partial charge in [-0.2, -0.15) is 0 Å². The summed E-state index contributed by atoms with van der Waals surface area (Å²) in [5.74, 6) is 0.579. The van der Waals surface area contributed by atoms with Crippen molar-refractivity contribution in [3.8, 4) is 11.5 Å². The Labute approximate surface area is 135 Å². The first-order valence-electron chi connectivity index (χ1n) is 6.74. The molecule has 0 aliphatic carbocycles. The lowest BCUT2D eigenvalue weighted by molar-refractivity contribution is 0.0950. The summed E-state index contributed by atoms with van der Waals surface area (Å²) >= 11 is 3.17. The van der Waals surface area contributed by atoms with Gasteiger partial charge < -0.3 is 14.8 Å². The van der Waals surface area contributed by atoms with Crippen LogP contribution in [0, 0.1) is 5.82 Å². The fourth-order valence-electron chi connectivity index (χ4n) is 2.17. The van der Waals surface area contributed by atoms with Gasteiger partial charge in [0.2, 0.25) is 0 Å². The van der Waals surface area contributed by atoms with E-state index in [1.165, 1.54) is 12.1 Å². The van der Waals surface area contributed by atoms with Gasteiger partial charge in [-0.15, -0.1) is 0 Å². The number of fused-ring (bicyclic) bond motifs is 1. The van der Waals surface area contributed by atoms with E-state index in [2.05, 4.69) is 21.2 Å². The Balaban J connectivity index is 1.68. The van der Waals surface area contributed by atoms with Crippen LogP contribution in [0.4, 0.5) is 4.39 Å². The van der Waals surface area contributed by atoms with E-state index in [4.69, 9.17) is 9.47 Å². The number of benzene rings is 2. The zero-order valence-electron chi connectivity index (χ0n) is 11.6. The maximum absolute atomic E-state index is 13.3. The molecular weight excluding hydrogens is 353 g/mol. The Morgan fingerprint density at radius 1 is 1.14 bits per heavy atom. The topological polar surface area (TPSA) is 47.6 Å². The molecule has 1 amide bonds. The molecule has 1 heterocycles. The lowest BCUT2D eigenvalue weighted by Gasteiger charge is -2.19. The summed E-state index contributed by atoms with van der Waals surface area (Å²) in [6.45, 7) is 1.38. The monoisotopic (exact) mass is 365 g/mol. The van der Waals surface area contributed by atoms with Gasteiger partial charge in [0.25, 0.3) is 5.91 Å². The SMILES string of the molecule is O=C(NCc1ccc2c(c1)OCCO2)c1cc(F)cc(Br)c1. The molecule has 2 aromatic rings. The molecule has 0 saturated carbocycles. The van der Waals surface area contributed by atoms with E-state index in [0.29, 0.717) is 35.7 Å². The molecule has 1 aliphatic rings. The average molecular weight is 366 g/mol. The van der Waals surface area contributed by atoms with E-state index in [-0.39, 0.29) is 11.5 Å². The van der Waals surface area contributed by atoms with E-state index in [9.17, 15) is 9.18 Å². The summed E-state index contributed by atoms with van der Waals surface area (Å²) < 4.78 is 24.8. The molecule has 0 radical (unpaired) electrons. The number of hydrogen-bond donors (Lipinski definition) is 1. The number of nitrogens with one attached hydrogen (secondary N) is 1. The molecule has 6 heteroatoms. The van der Waals surface area contributed by atoms with Crippen molar-refractivity contribution in [3.05, 3.63) is 57.8 Å². The highest BCUT2D eigenvalue weighted by Gasteiger charge is 2.13. The normalized spacial score (nSPS) is 12.8. The Bertz CT molecular complexity index is 700. The van der Waals surface area contributed by atoms with Gasteiger partial charge in [0, 0.05) is 16.6 Å². The fourth-order valence-corrected chi connectivity index (χ4v) is 2.63. The molecule has 1 N–H and O–H groups in total. The van der Waals surface area contributed by atoms with Crippen molar-refractivity contribution in [3.63, 3.8) is 0 Å². The van der Waals surface area contributed by atoms with Crippen LogP contribution in [0.2, 0.25) is 0 Å². The van der Waals surface area contributed by atoms with Crippen LogP contribution < -0.4 is 14.8 Å². The maximum Gasteiger partial charge on any atom is 0.251 e. The van der Waals surface area contributed by atoms with Gasteiger partial charge in [0.15, 0.2) is 11.5 Å². The molecule has 0 saturated heterocycles. The Kier molecular flexibility index (Phi) is 4.29. The van der Waals surface area contributed by atoms with Gasteiger partial charge in [-0.1, -0.05) is 22.0 Å². The van der Waals surface area contributed by atoms with Crippen molar-refractivity contribution in [2.24, 2.45) is 0 Å². The van der Waals surface area contributed by atoms with E-state index >= 15 is 0 Å². The predicted octanol–water partition coefficient (Wildman–Crippen LogP) is 3.29. The zero-order valence-corrected chi connectivity index (χ0v) is 13.2. The lowest BCUT2D eigenvalue weighted by atomic mass is 10.1. The van der Waals surface area contributed by atoms with Gasteiger partial charge in [-0.25, -0.2) is 4.39 Å². The molecule has 0 fully saturated rings. The van der Waals surface area contributed by atoms with E-state index < -0.39 is 5.82 Å². The third-order valence-electron chi connectivity index (χ3n) is 3.18. The zero-order chi connectivity index (χ0) is 15.5. The van der Waals surface area contributed by atoms with Crippen molar-refractivity contribution < 1.29 is 18.7 Å². The highest BCUT2D eigenvalue weighted by Crippen LogP contribution is 2.30. The number of hydrogen-bond acceptors (Lipinski definition) is 3. The third-order valence-corrected chi connectivity index (χ3v) is 3.64. The third kappa shape index (κ3) is 3.39. The number of rotatable bonds is 3. The fraction of sp³-hybridized carbons (Fsp3) is 0.188. The number of carbonyl (C=O) groups is 1. The largest absolute Gasteiger partial charge is 0.486 e. The van der Waals surface area contributed by atoms with Crippen LogP contribution in [0.25, 0.3) is 0 Å². The molecule has 0 bridgehead atoms. The van der Waals surface area contributed by atoms with Crippen LogP contribution >= 0.6 is 15.9 Å². The number of carbonyl (C=O) groups excluding carboxylic acids is 1. The highest BCUT2D eigenvalue weighted by molar-refractivity contribution is 9.10. The summed E-state index contributed by atoms with van der Waals surface area (Å²) in [4.78, 5) is 12.1. The van der Waals surface area contributed by atoms with Crippen LogP contribution in [0.1, 0.15) is 15.9 Å². The molecule has 4 nitrogen and oxygen atoms in total. The Morgan fingerprint density at radius 3 is 2.68 bits per heavy atom. The van der Waals surface area contributed by atoms with Crippen molar-refractivity contribution in [2.45, 2.75) is 6.54 Å². The molecule has 0 unspecified atom stereocenters. The van der Waals surface area contributed by atoms with Gasteiger partial charge in [0.05, 0.1) is 0 Å². The van der Waals surface area contributed by atoms with E-state index in [0.717, 1.165) is 5.56 Å². The van der Waals surface area contributed by atoms with Gasteiger partial charge in [0.1, 0.15) is 19.0 Å². The summed E-state index contributed by atoms with van der Waals surface area (Å²) in [5.41, 5.74) is 1.15. The smallest absolute Gasteiger partial charge is 0.251 e. The molecule has 0 spiro atoms. The van der Waals surface area contributed by atoms with Gasteiger partial charge in [-0.3, -0.25) is 4.79 Å². The second-order valence-electron chi connectivity index (χ2n) is 4.82. The van der Waals surface area contributed by atoms with Crippen molar-refractivity contribution in [1.29, 1.82) is 0 Å². The number of ether oxygens (including phenoxy) is 2. The quantitative estimate of drug-likeness (QED) is 0.907. The lowest BCUT2D eigenvalue weighted by Crippen LogP contribution is -2.23. The predicted molar refractivity (Wildman–Crippen MR) is 82.7 cm³/mol. The second kappa shape index (κ2) is 6.36. The van der Waals surface area contributed by atoms with Crippen molar-refractivity contribution in [1.82, 2.24) is 5.32 Å². The molecular formula is C16H13BrFNO3. The Hall–Kier alpha value is -2.08. The summed E-state index contributed by atoms with van der Waals surface area (Å²) in [7, 11) is 0. The number of halogens is 2. The van der Waals surface area contributed by atoms with Crippen molar-refractivity contribution in [2.75, 3.05) is 13.2 Å². The van der Waals surface area contributed by atoms with Gasteiger partial charge >= 0.3 is 0 Å². The minimum atomic E-state index is -0.459. The van der Waals surface area contributed by atoms with E-state index in [1.807, 2.05) is 18.2 Å². The standard InChI is InChI=1S/C16H13BrFNO3/c17-12-6-11(7-13(18)8-12)16(20)19-9-10-1-2-14-15(5-10)22-4-3-21-14/h1-2,5-8H,3-4,9H2,(H,19,20). The van der Waals surface area contributed by atoms with Crippen molar-refractivity contribution >= 4 is 21.8 Å². The first-order valence-corrected chi connectivity index (χ1v) is 7.54. The average Bonchev–Trinajstić information content (AvgIpc) is 2.51. The Morgan fingerprint density at radius 2 is 1.91 bits per heavy atom. The summed E-state index contributed by atoms with van der Waals surface area (Å²) in [6.07, 6.45) is 0. The molecule has 0 aromatic heterocycles. The van der Waals surface area contributed by atoms with Crippen LogP contribution in [-0.2, 0) is 6.54 Å². The van der Waals surface area contributed by atoms with Gasteiger partial charge in [-0.05, 0) is 35.9 Å². The van der Waals surface area contributed by atoms with Crippen LogP contribution in [0.5, 0.6) is 11.5 Å². The second-order valence-corrected chi connectivity index (χ2v) is 5.73. The van der Waals surface area contributed by atoms with Crippen LogP contribution in [0.15, 0.2) is 40.9 Å². The van der Waals surface area contributed by atoms with Crippen LogP contribution in [-0.4, -0.2) is 19.1 Å². The number of amides is 1. The minimum Gasteiger partial charge on any atom is -0.486 e. The molecule has 2 aromatic carbocycles. The summed E-state index contributed by atoms with van der Waals surface area (Å²) in [6, 6.07) is 9.57. The maximum atomic E-state index is 13.3. The molecule has 22 heavy (non-hydrogen) atoms. The highest BCUT2D eigenvalue weighted by atomic mass is 79.9. The molecule has 114 valence electrons. The first-order chi connectivity index (χ1) is 10.6. The molecule has 0 atom stereocenters. The van der Waals surface area contributed by atoms with E-state index in [1.54, 1.807) is 6.07 Å². The minimum absolute atomic E-state index is 0.268.